The Hall–Kier alpha value is -3.99. The second-order valence-electron chi connectivity index (χ2n) is 6.46. The number of aryl methyl sites for hydroxylation is 1. The third-order valence-electron chi connectivity index (χ3n) is 4.59. The Morgan fingerprint density at radius 2 is 2.00 bits per heavy atom. The van der Waals surface area contributed by atoms with Crippen LogP contribution in [0.2, 0.25) is 0 Å². The van der Waals surface area contributed by atoms with Crippen LogP contribution in [0.15, 0.2) is 48.8 Å². The summed E-state index contributed by atoms with van der Waals surface area (Å²) < 4.78 is 21.0. The van der Waals surface area contributed by atoms with E-state index < -0.39 is 5.82 Å². The lowest BCUT2D eigenvalue weighted by Gasteiger charge is -2.12. The van der Waals surface area contributed by atoms with E-state index in [2.05, 4.69) is 20.4 Å². The lowest BCUT2D eigenvalue weighted by atomic mass is 10.0. The second-order valence-corrected chi connectivity index (χ2v) is 6.46. The summed E-state index contributed by atoms with van der Waals surface area (Å²) in [5, 5.41) is 16.5. The predicted molar refractivity (Wildman–Crippen MR) is 106 cm³/mol. The monoisotopic (exact) mass is 388 g/mol. The number of halogens is 1. The average molecular weight is 388 g/mol. The Bertz CT molecular complexity index is 1230. The van der Waals surface area contributed by atoms with Gasteiger partial charge < -0.3 is 10.1 Å². The van der Waals surface area contributed by atoms with Gasteiger partial charge in [-0.1, -0.05) is 12.1 Å². The van der Waals surface area contributed by atoms with Crippen molar-refractivity contribution in [1.82, 2.24) is 19.6 Å². The van der Waals surface area contributed by atoms with Crippen molar-refractivity contribution < 1.29 is 9.13 Å². The third-order valence-corrected chi connectivity index (χ3v) is 4.59. The number of ether oxygens (including phenoxy) is 1. The van der Waals surface area contributed by atoms with Gasteiger partial charge in [0, 0.05) is 18.2 Å². The topological polar surface area (TPSA) is 88.1 Å². The molecule has 2 aromatic carbocycles. The van der Waals surface area contributed by atoms with Crippen LogP contribution < -0.4 is 10.1 Å². The van der Waals surface area contributed by atoms with Crippen LogP contribution >= 0.6 is 0 Å². The highest BCUT2D eigenvalue weighted by atomic mass is 19.1. The highest BCUT2D eigenvalue weighted by molar-refractivity contribution is 5.69. The van der Waals surface area contributed by atoms with Gasteiger partial charge in [0.2, 0.25) is 0 Å². The van der Waals surface area contributed by atoms with Gasteiger partial charge in [-0.25, -0.2) is 4.39 Å². The molecule has 0 saturated carbocycles. The lowest BCUT2D eigenvalue weighted by Crippen LogP contribution is -2.06. The summed E-state index contributed by atoms with van der Waals surface area (Å²) >= 11 is 0. The number of anilines is 1. The maximum absolute atomic E-state index is 14.3. The number of rotatable bonds is 5. The number of nitrogens with zero attached hydrogens (tertiary/aromatic N) is 5. The summed E-state index contributed by atoms with van der Waals surface area (Å²) in [5.74, 6) is 1.19. The summed E-state index contributed by atoms with van der Waals surface area (Å²) in [6.45, 7) is 2.37. The van der Waals surface area contributed by atoms with Crippen LogP contribution in [-0.2, 0) is 6.54 Å². The molecule has 2 heterocycles. The number of nitrogens with one attached hydrogen (secondary N) is 1. The molecular formula is C21H17FN6O. The molecule has 0 radical (unpaired) electrons. The van der Waals surface area contributed by atoms with E-state index in [0.29, 0.717) is 29.4 Å². The molecule has 0 spiro atoms. The van der Waals surface area contributed by atoms with Crippen molar-refractivity contribution in [2.45, 2.75) is 13.5 Å². The molecule has 0 aliphatic heterocycles. The molecule has 0 fully saturated rings. The summed E-state index contributed by atoms with van der Waals surface area (Å²) in [4.78, 5) is 8.63. The number of aromatic nitrogens is 4. The smallest absolute Gasteiger partial charge is 0.254 e. The number of hydrogen-bond acceptors (Lipinski definition) is 6. The Labute approximate surface area is 166 Å². The van der Waals surface area contributed by atoms with E-state index in [1.807, 2.05) is 37.3 Å². The standard InChI is InChI=1S/C21H17FN6O/c1-13-7-15(10-23)18(22)8-17(13)19-9-20(27-21-25-12-26-28(19)21)24-11-14-3-5-16(29-2)6-4-14/h3-9,12H,11H2,1-2H3,(H,24,25,26,27). The van der Waals surface area contributed by atoms with E-state index >= 15 is 0 Å². The molecule has 0 unspecified atom stereocenters. The molecule has 0 atom stereocenters. The van der Waals surface area contributed by atoms with Crippen molar-refractivity contribution in [3.8, 4) is 23.1 Å². The van der Waals surface area contributed by atoms with E-state index in [4.69, 9.17) is 10.00 Å². The molecule has 0 amide bonds. The molecular weight excluding hydrogens is 371 g/mol. The quantitative estimate of drug-likeness (QED) is 0.560. The number of nitriles is 1. The van der Waals surface area contributed by atoms with E-state index in [-0.39, 0.29) is 5.56 Å². The van der Waals surface area contributed by atoms with Gasteiger partial charge in [0.25, 0.3) is 5.78 Å². The largest absolute Gasteiger partial charge is 0.497 e. The number of hydrogen-bond donors (Lipinski definition) is 1. The highest BCUT2D eigenvalue weighted by Gasteiger charge is 2.15. The second kappa shape index (κ2) is 7.56. The Morgan fingerprint density at radius 3 is 2.72 bits per heavy atom. The van der Waals surface area contributed by atoms with Gasteiger partial charge in [-0.2, -0.15) is 24.8 Å². The molecule has 4 rings (SSSR count). The fourth-order valence-corrected chi connectivity index (χ4v) is 3.07. The molecule has 144 valence electrons. The lowest BCUT2D eigenvalue weighted by molar-refractivity contribution is 0.414. The number of benzene rings is 2. The summed E-state index contributed by atoms with van der Waals surface area (Å²) in [6, 6.07) is 14.2. The normalized spacial score (nSPS) is 10.7. The summed E-state index contributed by atoms with van der Waals surface area (Å²) in [5.41, 5.74) is 3.06. The molecule has 29 heavy (non-hydrogen) atoms. The predicted octanol–water partition coefficient (Wildman–Crippen LogP) is 3.73. The first kappa shape index (κ1) is 18.4. The van der Waals surface area contributed by atoms with Crippen LogP contribution in [0.4, 0.5) is 10.2 Å². The van der Waals surface area contributed by atoms with Crippen LogP contribution in [0.3, 0.4) is 0 Å². The van der Waals surface area contributed by atoms with Gasteiger partial charge in [0.15, 0.2) is 0 Å². The Kier molecular flexibility index (Phi) is 4.79. The third kappa shape index (κ3) is 3.58. The van der Waals surface area contributed by atoms with Crippen molar-refractivity contribution in [3.63, 3.8) is 0 Å². The zero-order valence-electron chi connectivity index (χ0n) is 15.8. The molecule has 8 heteroatoms. The molecule has 4 aromatic rings. The van der Waals surface area contributed by atoms with Gasteiger partial charge in [0.05, 0.1) is 18.4 Å². The fourth-order valence-electron chi connectivity index (χ4n) is 3.07. The van der Waals surface area contributed by atoms with Gasteiger partial charge in [-0.05, 0) is 42.3 Å². The first-order valence-corrected chi connectivity index (χ1v) is 8.87. The van der Waals surface area contributed by atoms with Crippen molar-refractivity contribution in [2.24, 2.45) is 0 Å². The fraction of sp³-hybridized carbons (Fsp3) is 0.143. The average Bonchev–Trinajstić information content (AvgIpc) is 3.22. The molecule has 1 N–H and O–H groups in total. The molecule has 0 aliphatic carbocycles. The first-order valence-electron chi connectivity index (χ1n) is 8.87. The van der Waals surface area contributed by atoms with E-state index in [1.54, 1.807) is 17.7 Å². The van der Waals surface area contributed by atoms with Crippen LogP contribution in [0.5, 0.6) is 5.75 Å². The van der Waals surface area contributed by atoms with Crippen molar-refractivity contribution in [3.05, 3.63) is 71.3 Å². The van der Waals surface area contributed by atoms with Gasteiger partial charge >= 0.3 is 0 Å². The zero-order valence-corrected chi connectivity index (χ0v) is 15.8. The van der Waals surface area contributed by atoms with E-state index in [0.717, 1.165) is 16.9 Å². The van der Waals surface area contributed by atoms with Crippen molar-refractivity contribution in [1.29, 1.82) is 5.26 Å². The molecule has 0 bridgehead atoms. The van der Waals surface area contributed by atoms with Crippen LogP contribution in [0.25, 0.3) is 17.0 Å². The van der Waals surface area contributed by atoms with Gasteiger partial charge in [-0.3, -0.25) is 0 Å². The molecule has 7 nitrogen and oxygen atoms in total. The summed E-state index contributed by atoms with van der Waals surface area (Å²) in [7, 11) is 1.63. The van der Waals surface area contributed by atoms with Crippen LogP contribution in [0, 0.1) is 24.1 Å². The van der Waals surface area contributed by atoms with Crippen LogP contribution in [0.1, 0.15) is 16.7 Å². The van der Waals surface area contributed by atoms with Crippen molar-refractivity contribution >= 4 is 11.6 Å². The SMILES string of the molecule is COc1ccc(CNc2cc(-c3cc(F)c(C#N)cc3C)n3ncnc3n2)cc1. The molecule has 0 aliphatic rings. The van der Waals surface area contributed by atoms with Gasteiger partial charge in [-0.15, -0.1) is 0 Å². The minimum Gasteiger partial charge on any atom is -0.497 e. The van der Waals surface area contributed by atoms with Crippen LogP contribution in [-0.4, -0.2) is 26.7 Å². The van der Waals surface area contributed by atoms with Crippen molar-refractivity contribution in [2.75, 3.05) is 12.4 Å². The van der Waals surface area contributed by atoms with Gasteiger partial charge in [0.1, 0.15) is 29.8 Å². The number of fused-ring (bicyclic) bond motifs is 1. The minimum atomic E-state index is -0.578. The maximum Gasteiger partial charge on any atom is 0.254 e. The Balaban J connectivity index is 1.71. The molecule has 2 aromatic heterocycles. The Morgan fingerprint density at radius 1 is 1.21 bits per heavy atom. The van der Waals surface area contributed by atoms with E-state index in [9.17, 15) is 4.39 Å². The summed E-state index contributed by atoms with van der Waals surface area (Å²) in [6.07, 6.45) is 1.40. The van der Waals surface area contributed by atoms with E-state index in [1.165, 1.54) is 18.5 Å². The number of methoxy groups -OCH3 is 1. The first-order chi connectivity index (χ1) is 14.1. The molecule has 0 saturated heterocycles. The minimum absolute atomic E-state index is 0.00740. The zero-order chi connectivity index (χ0) is 20.4. The highest BCUT2D eigenvalue weighted by Crippen LogP contribution is 2.28. The maximum atomic E-state index is 14.3.